The maximum Gasteiger partial charge on any atom is 0.0218 e. The van der Waals surface area contributed by atoms with Gasteiger partial charge in [0.2, 0.25) is 0 Å². The summed E-state index contributed by atoms with van der Waals surface area (Å²) >= 11 is 0. The zero-order valence-corrected chi connectivity index (χ0v) is 14.3. The predicted octanol–water partition coefficient (Wildman–Crippen LogP) is 6.45. The fraction of sp³-hybridized carbons (Fsp3) is 0.0800. The highest BCUT2D eigenvalue weighted by molar-refractivity contribution is 6.01. The third kappa shape index (κ3) is 2.29. The van der Waals surface area contributed by atoms with Crippen molar-refractivity contribution in [2.24, 2.45) is 0 Å². The summed E-state index contributed by atoms with van der Waals surface area (Å²) < 4.78 is 0. The van der Waals surface area contributed by atoms with Gasteiger partial charge in [-0.25, -0.2) is 0 Å². The van der Waals surface area contributed by atoms with Gasteiger partial charge in [0.05, 0.1) is 0 Å². The molecule has 3 aromatic rings. The Balaban J connectivity index is 1.69. The standard InChI is InChI=1S/C25H19/c1-17-7-4-9-18(15-17)21-11-5-12-22(21)24-14-6-13-23-20-10-3-2-8-19(20)16-25(23)24/h2-11,13-16H,12H2,1H3. The van der Waals surface area contributed by atoms with Crippen LogP contribution in [-0.4, -0.2) is 0 Å². The average molecular weight is 319 g/mol. The number of benzene rings is 3. The van der Waals surface area contributed by atoms with E-state index in [0.29, 0.717) is 0 Å². The summed E-state index contributed by atoms with van der Waals surface area (Å²) in [7, 11) is 0. The lowest BCUT2D eigenvalue weighted by molar-refractivity contribution is 1.39. The van der Waals surface area contributed by atoms with Crippen molar-refractivity contribution in [3.05, 3.63) is 113 Å². The minimum atomic E-state index is 1.00. The minimum absolute atomic E-state index is 1.00. The summed E-state index contributed by atoms with van der Waals surface area (Å²) in [5.41, 5.74) is 12.2. The topological polar surface area (TPSA) is 0 Å². The summed E-state index contributed by atoms with van der Waals surface area (Å²) in [6.07, 6.45) is 7.92. The van der Waals surface area contributed by atoms with E-state index in [1.165, 1.54) is 50.1 Å². The Morgan fingerprint density at radius 2 is 1.56 bits per heavy atom. The SMILES string of the molecule is Cc1cccc(C2=C(c3cccc4c3[CH]c3ccccc3-4)CC=C2)c1. The molecule has 0 fully saturated rings. The van der Waals surface area contributed by atoms with Crippen LogP contribution in [-0.2, 0) is 0 Å². The van der Waals surface area contributed by atoms with Crippen LogP contribution in [0.3, 0.4) is 0 Å². The molecule has 0 bridgehead atoms. The molecule has 0 aliphatic heterocycles. The second kappa shape index (κ2) is 5.60. The van der Waals surface area contributed by atoms with Crippen LogP contribution >= 0.6 is 0 Å². The van der Waals surface area contributed by atoms with Gasteiger partial charge in [-0.2, -0.15) is 0 Å². The first-order chi connectivity index (χ1) is 12.3. The highest BCUT2D eigenvalue weighted by Gasteiger charge is 2.24. The van der Waals surface area contributed by atoms with Crippen molar-refractivity contribution >= 4 is 11.1 Å². The second-order valence-corrected chi connectivity index (χ2v) is 6.87. The van der Waals surface area contributed by atoms with Crippen LogP contribution in [0.2, 0.25) is 0 Å². The Labute approximate surface area is 149 Å². The van der Waals surface area contributed by atoms with E-state index >= 15 is 0 Å². The van der Waals surface area contributed by atoms with E-state index in [1.54, 1.807) is 0 Å². The molecular formula is C25H19. The molecule has 0 unspecified atom stereocenters. The molecule has 0 heteroatoms. The second-order valence-electron chi connectivity index (χ2n) is 6.87. The van der Waals surface area contributed by atoms with E-state index in [2.05, 4.69) is 92.2 Å². The van der Waals surface area contributed by atoms with E-state index in [4.69, 9.17) is 0 Å². The van der Waals surface area contributed by atoms with Gasteiger partial charge in [-0.3, -0.25) is 0 Å². The number of allylic oxidation sites excluding steroid dienone is 4. The number of hydrogen-bond donors (Lipinski definition) is 0. The lowest BCUT2D eigenvalue weighted by Crippen LogP contribution is -1.93. The first-order valence-corrected chi connectivity index (χ1v) is 8.85. The van der Waals surface area contributed by atoms with E-state index in [0.717, 1.165) is 6.42 Å². The third-order valence-electron chi connectivity index (χ3n) is 5.24. The third-order valence-corrected chi connectivity index (χ3v) is 5.24. The number of aryl methyl sites for hydroxylation is 1. The van der Waals surface area contributed by atoms with Crippen LogP contribution in [0.25, 0.3) is 22.3 Å². The van der Waals surface area contributed by atoms with Gasteiger partial charge >= 0.3 is 0 Å². The predicted molar refractivity (Wildman–Crippen MR) is 106 cm³/mol. The smallest absolute Gasteiger partial charge is 0.0218 e. The number of rotatable bonds is 2. The van der Waals surface area contributed by atoms with E-state index in [1.807, 2.05) is 0 Å². The van der Waals surface area contributed by atoms with Crippen molar-refractivity contribution in [1.29, 1.82) is 0 Å². The van der Waals surface area contributed by atoms with Crippen LogP contribution in [0.15, 0.2) is 78.9 Å². The number of hydrogen-bond acceptors (Lipinski definition) is 0. The van der Waals surface area contributed by atoms with Crippen LogP contribution in [0.4, 0.5) is 0 Å². The van der Waals surface area contributed by atoms with E-state index in [9.17, 15) is 0 Å². The van der Waals surface area contributed by atoms with Crippen LogP contribution in [0.1, 0.15) is 34.2 Å². The molecule has 0 aromatic heterocycles. The maximum absolute atomic E-state index is 2.35. The lowest BCUT2D eigenvalue weighted by Gasteiger charge is -2.13. The van der Waals surface area contributed by atoms with E-state index in [-0.39, 0.29) is 0 Å². The van der Waals surface area contributed by atoms with Crippen molar-refractivity contribution in [2.45, 2.75) is 13.3 Å². The molecular weight excluding hydrogens is 300 g/mol. The summed E-state index contributed by atoms with van der Waals surface area (Å²) in [5, 5.41) is 0. The number of fused-ring (bicyclic) bond motifs is 3. The summed E-state index contributed by atoms with van der Waals surface area (Å²) in [6, 6.07) is 24.2. The monoisotopic (exact) mass is 319 g/mol. The van der Waals surface area contributed by atoms with Gasteiger partial charge in [-0.15, -0.1) is 0 Å². The normalized spacial score (nSPS) is 14.8. The van der Waals surface area contributed by atoms with Gasteiger partial charge in [-0.05, 0) is 57.9 Å². The molecule has 25 heavy (non-hydrogen) atoms. The van der Waals surface area contributed by atoms with Crippen molar-refractivity contribution in [3.63, 3.8) is 0 Å². The first kappa shape index (κ1) is 14.5. The van der Waals surface area contributed by atoms with Crippen molar-refractivity contribution in [2.75, 3.05) is 0 Å². The molecule has 119 valence electrons. The summed E-state index contributed by atoms with van der Waals surface area (Å²) in [6.45, 7) is 2.16. The Kier molecular flexibility index (Phi) is 3.24. The molecule has 0 nitrogen and oxygen atoms in total. The highest BCUT2D eigenvalue weighted by Crippen LogP contribution is 2.44. The molecule has 0 amide bonds. The molecule has 0 heterocycles. The molecule has 3 aromatic carbocycles. The molecule has 2 aliphatic rings. The van der Waals surface area contributed by atoms with Crippen molar-refractivity contribution in [1.82, 2.24) is 0 Å². The van der Waals surface area contributed by atoms with Crippen LogP contribution in [0.5, 0.6) is 0 Å². The maximum atomic E-state index is 2.35. The minimum Gasteiger partial charge on any atom is -0.0795 e. The molecule has 2 aliphatic carbocycles. The molecule has 0 saturated heterocycles. The van der Waals surface area contributed by atoms with Crippen LogP contribution in [0, 0.1) is 13.3 Å². The van der Waals surface area contributed by atoms with Gasteiger partial charge < -0.3 is 0 Å². The van der Waals surface area contributed by atoms with Crippen molar-refractivity contribution < 1.29 is 0 Å². The Bertz CT molecular complexity index is 1050. The zero-order chi connectivity index (χ0) is 16.8. The van der Waals surface area contributed by atoms with Gasteiger partial charge in [0.1, 0.15) is 0 Å². The molecule has 1 radical (unpaired) electrons. The molecule has 5 rings (SSSR count). The molecule has 0 spiro atoms. The highest BCUT2D eigenvalue weighted by atomic mass is 14.3. The lowest BCUT2D eigenvalue weighted by atomic mass is 9.91. The fourth-order valence-electron chi connectivity index (χ4n) is 4.09. The largest absolute Gasteiger partial charge is 0.0795 e. The van der Waals surface area contributed by atoms with Gasteiger partial charge in [0.15, 0.2) is 0 Å². The summed E-state index contributed by atoms with van der Waals surface area (Å²) in [4.78, 5) is 0. The van der Waals surface area contributed by atoms with E-state index < -0.39 is 0 Å². The Morgan fingerprint density at radius 3 is 2.48 bits per heavy atom. The van der Waals surface area contributed by atoms with Crippen LogP contribution < -0.4 is 0 Å². The Morgan fingerprint density at radius 1 is 0.760 bits per heavy atom. The quantitative estimate of drug-likeness (QED) is 0.398. The van der Waals surface area contributed by atoms with Gasteiger partial charge in [0.25, 0.3) is 0 Å². The first-order valence-electron chi connectivity index (χ1n) is 8.85. The average Bonchev–Trinajstić information content (AvgIpc) is 3.26. The molecule has 0 saturated carbocycles. The van der Waals surface area contributed by atoms with Gasteiger partial charge in [0, 0.05) is 6.42 Å². The van der Waals surface area contributed by atoms with Crippen molar-refractivity contribution in [3.8, 4) is 11.1 Å². The molecule has 0 atom stereocenters. The Hall–Kier alpha value is -2.86. The van der Waals surface area contributed by atoms with Gasteiger partial charge in [-0.1, -0.05) is 84.4 Å². The summed E-state index contributed by atoms with van der Waals surface area (Å²) in [5.74, 6) is 0. The fourth-order valence-corrected chi connectivity index (χ4v) is 4.09. The zero-order valence-electron chi connectivity index (χ0n) is 14.3. The molecule has 0 N–H and O–H groups in total.